The van der Waals surface area contributed by atoms with Gasteiger partial charge >= 0.3 is 18.1 Å². The molecule has 2 N–H and O–H groups in total. The number of hydrogen-bond donors (Lipinski definition) is 2. The molecule has 9 heteroatoms. The molecule has 0 radical (unpaired) electrons. The fraction of sp³-hybridized carbons (Fsp3) is 0.946. The molecule has 0 aromatic rings. The molecular weight excluding hydrogens is 813 g/mol. The summed E-state index contributed by atoms with van der Waals surface area (Å²) in [4.78, 5) is 43.6. The molecule has 65 heavy (non-hydrogen) atoms. The van der Waals surface area contributed by atoms with Crippen molar-refractivity contribution in [2.24, 2.45) is 10.8 Å². The number of ether oxygens (including phenoxy) is 2. The maximum absolute atomic E-state index is 13.1. The van der Waals surface area contributed by atoms with Gasteiger partial charge in [0.05, 0.1) is 10.8 Å². The summed E-state index contributed by atoms with van der Waals surface area (Å²) in [6, 6.07) is 0. The van der Waals surface area contributed by atoms with Gasteiger partial charge in [-0.1, -0.05) is 215 Å². The maximum atomic E-state index is 13.1. The van der Waals surface area contributed by atoms with Crippen LogP contribution in [0.25, 0.3) is 0 Å². The molecular formula is C56H110N2O7. The van der Waals surface area contributed by atoms with E-state index in [0.29, 0.717) is 13.2 Å². The van der Waals surface area contributed by atoms with E-state index >= 15 is 0 Å². The molecule has 0 heterocycles. The Morgan fingerprint density at radius 1 is 0.400 bits per heavy atom. The van der Waals surface area contributed by atoms with Gasteiger partial charge < -0.3 is 24.6 Å². The predicted octanol–water partition coefficient (Wildman–Crippen LogP) is 16.4. The van der Waals surface area contributed by atoms with Gasteiger partial charge in [-0.3, -0.25) is 14.5 Å². The Hall–Kier alpha value is -1.87. The van der Waals surface area contributed by atoms with Crippen LogP contribution >= 0.6 is 0 Å². The molecule has 0 rings (SSSR count). The molecule has 0 aromatic heterocycles. The first-order chi connectivity index (χ1) is 31.5. The van der Waals surface area contributed by atoms with Crippen LogP contribution in [0.2, 0.25) is 0 Å². The number of rotatable bonds is 50. The molecule has 2 atom stereocenters. The van der Waals surface area contributed by atoms with Crippen LogP contribution in [-0.2, 0) is 19.1 Å². The van der Waals surface area contributed by atoms with E-state index in [2.05, 4.69) is 58.3 Å². The van der Waals surface area contributed by atoms with E-state index in [1.165, 1.54) is 64.2 Å². The van der Waals surface area contributed by atoms with Crippen LogP contribution in [0.15, 0.2) is 0 Å². The highest BCUT2D eigenvalue weighted by Crippen LogP contribution is 2.39. The smallest absolute Gasteiger partial charge is 0.481 e. The van der Waals surface area contributed by atoms with Gasteiger partial charge in [0.1, 0.15) is 12.7 Å². The molecule has 386 valence electrons. The fourth-order valence-electron chi connectivity index (χ4n) is 9.98. The summed E-state index contributed by atoms with van der Waals surface area (Å²) in [5.41, 5.74) is -1.22. The highest BCUT2D eigenvalue weighted by molar-refractivity contribution is 5.75. The lowest BCUT2D eigenvalue weighted by atomic mass is 9.74. The summed E-state index contributed by atoms with van der Waals surface area (Å²) in [6.45, 7) is 21.3. The predicted molar refractivity (Wildman–Crippen MR) is 275 cm³/mol. The van der Waals surface area contributed by atoms with E-state index in [-0.39, 0.29) is 6.10 Å². The lowest BCUT2D eigenvalue weighted by Crippen LogP contribution is -2.37. The van der Waals surface area contributed by atoms with Crippen molar-refractivity contribution in [2.45, 2.75) is 286 Å². The normalized spacial score (nSPS) is 14.1. The number of unbranched alkanes of at least 4 members (excludes halogenated alkanes) is 22. The summed E-state index contributed by atoms with van der Waals surface area (Å²) in [7, 11) is 0. The summed E-state index contributed by atoms with van der Waals surface area (Å²) >= 11 is 0. The molecule has 0 saturated heterocycles. The number of carbonyl (C=O) groups excluding carboxylic acids is 1. The van der Waals surface area contributed by atoms with Crippen molar-refractivity contribution in [1.29, 1.82) is 0 Å². The Labute approximate surface area is 403 Å². The van der Waals surface area contributed by atoms with Crippen LogP contribution in [0.3, 0.4) is 0 Å². The quantitative estimate of drug-likeness (QED) is 0.0454. The van der Waals surface area contributed by atoms with Gasteiger partial charge in [0.2, 0.25) is 0 Å². The second-order valence-corrected chi connectivity index (χ2v) is 20.0. The topological polar surface area (TPSA) is 117 Å². The summed E-state index contributed by atoms with van der Waals surface area (Å²) in [5, 5.41) is 21.2. The van der Waals surface area contributed by atoms with E-state index < -0.39 is 28.9 Å². The standard InChI is InChI=1S/C56H110N2O7/c1-8-15-19-23-27-35-43-55(52(59)60,41-33-21-17-10-3)45-37-29-25-31-39-51(65-54(63)64-50-49-58(14-7)48-47-57(12-5)13-6)40-32-26-30-38-46-56(53(61)62,42-34-22-18-11-4)44-36-28-24-20-16-9-2/h51H,8-50H2,1-7H3,(H,59,60)(H,61,62). The first kappa shape index (κ1) is 63.1. The largest absolute Gasteiger partial charge is 0.508 e. The van der Waals surface area contributed by atoms with Crippen LogP contribution in [0.5, 0.6) is 0 Å². The fourth-order valence-corrected chi connectivity index (χ4v) is 9.98. The maximum Gasteiger partial charge on any atom is 0.508 e. The van der Waals surface area contributed by atoms with Gasteiger partial charge in [-0.25, -0.2) is 4.79 Å². The van der Waals surface area contributed by atoms with E-state index in [0.717, 1.165) is 200 Å². The number of carboxylic acids is 2. The molecule has 0 aliphatic heterocycles. The first-order valence-corrected chi connectivity index (χ1v) is 28.3. The Morgan fingerprint density at radius 3 is 1.02 bits per heavy atom. The van der Waals surface area contributed by atoms with Crippen LogP contribution in [-0.4, -0.2) is 90.1 Å². The Balaban J connectivity index is 5.49. The highest BCUT2D eigenvalue weighted by Gasteiger charge is 2.37. The number of aliphatic carboxylic acids is 2. The second-order valence-electron chi connectivity index (χ2n) is 20.0. The third-order valence-electron chi connectivity index (χ3n) is 14.8. The van der Waals surface area contributed by atoms with E-state index in [4.69, 9.17) is 9.47 Å². The number of nitrogens with zero attached hydrogens (tertiary/aromatic N) is 2. The monoisotopic (exact) mass is 923 g/mol. The third-order valence-corrected chi connectivity index (χ3v) is 14.8. The zero-order valence-electron chi connectivity index (χ0n) is 44.3. The van der Waals surface area contributed by atoms with Crippen LogP contribution in [0.1, 0.15) is 280 Å². The molecule has 0 aromatic carbocycles. The number of likely N-dealkylation sites (N-methyl/N-ethyl adjacent to an activating group) is 2. The van der Waals surface area contributed by atoms with E-state index in [9.17, 15) is 24.6 Å². The van der Waals surface area contributed by atoms with Gasteiger partial charge in [-0.15, -0.1) is 0 Å². The minimum Gasteiger partial charge on any atom is -0.481 e. The average molecular weight is 924 g/mol. The van der Waals surface area contributed by atoms with Crippen molar-refractivity contribution in [1.82, 2.24) is 9.80 Å². The molecule has 0 aliphatic rings. The minimum absolute atomic E-state index is 0.221. The first-order valence-electron chi connectivity index (χ1n) is 28.3. The molecule has 0 spiro atoms. The number of carboxylic acid groups (broad SMARTS) is 2. The van der Waals surface area contributed by atoms with Gasteiger partial charge in [-0.05, 0) is 83.8 Å². The molecule has 2 unspecified atom stereocenters. The van der Waals surface area contributed by atoms with Gasteiger partial charge in [0.15, 0.2) is 0 Å². The van der Waals surface area contributed by atoms with Gasteiger partial charge in [-0.2, -0.15) is 0 Å². The lowest BCUT2D eigenvalue weighted by molar-refractivity contribution is -0.151. The van der Waals surface area contributed by atoms with Crippen LogP contribution in [0.4, 0.5) is 4.79 Å². The van der Waals surface area contributed by atoms with Crippen molar-refractivity contribution < 1.29 is 34.1 Å². The zero-order valence-corrected chi connectivity index (χ0v) is 44.3. The Kier molecular flexibility index (Phi) is 42.2. The number of carbonyl (C=O) groups is 3. The molecule has 0 fully saturated rings. The molecule has 0 amide bonds. The molecule has 0 aliphatic carbocycles. The highest BCUT2D eigenvalue weighted by atomic mass is 16.7. The average Bonchev–Trinajstić information content (AvgIpc) is 3.29. The van der Waals surface area contributed by atoms with Crippen LogP contribution < -0.4 is 0 Å². The Bertz CT molecular complexity index is 1040. The number of hydrogen-bond acceptors (Lipinski definition) is 7. The minimum atomic E-state index is -0.611. The van der Waals surface area contributed by atoms with Gasteiger partial charge in [0, 0.05) is 19.6 Å². The van der Waals surface area contributed by atoms with Gasteiger partial charge in [0.25, 0.3) is 0 Å². The molecule has 9 nitrogen and oxygen atoms in total. The van der Waals surface area contributed by atoms with Crippen molar-refractivity contribution >= 4 is 18.1 Å². The lowest BCUT2D eigenvalue weighted by Gasteiger charge is -2.30. The van der Waals surface area contributed by atoms with Crippen molar-refractivity contribution in [3.8, 4) is 0 Å². The Morgan fingerprint density at radius 2 is 0.692 bits per heavy atom. The van der Waals surface area contributed by atoms with E-state index in [1.54, 1.807) is 0 Å². The third kappa shape index (κ3) is 32.5. The summed E-state index contributed by atoms with van der Waals surface area (Å²) in [6.07, 6.45) is 36.0. The molecule has 0 saturated carbocycles. The SMILES string of the molecule is CCCCCCCCC(CCCCCC)(CCCCCCC(CCCCCCC(CCCCCC)(CCCCCCCC)C(=O)O)OC(=O)OCCN(CC)CCN(CC)CC)C(=O)O. The van der Waals surface area contributed by atoms with Crippen LogP contribution in [0, 0.1) is 10.8 Å². The van der Waals surface area contributed by atoms with Crippen molar-refractivity contribution in [3.63, 3.8) is 0 Å². The van der Waals surface area contributed by atoms with Crippen molar-refractivity contribution in [2.75, 3.05) is 45.9 Å². The zero-order chi connectivity index (χ0) is 48.3. The summed E-state index contributed by atoms with van der Waals surface area (Å²) < 4.78 is 11.7. The second kappa shape index (κ2) is 43.4. The summed E-state index contributed by atoms with van der Waals surface area (Å²) in [5.74, 6) is -1.20. The molecule has 0 bridgehead atoms. The van der Waals surface area contributed by atoms with E-state index in [1.807, 2.05) is 0 Å². The van der Waals surface area contributed by atoms with Crippen molar-refractivity contribution in [3.05, 3.63) is 0 Å².